The highest BCUT2D eigenvalue weighted by molar-refractivity contribution is 5.90. The largest absolute Gasteiger partial charge is 0.494 e. The van der Waals surface area contributed by atoms with Gasteiger partial charge in [-0.3, -0.25) is 0 Å². The van der Waals surface area contributed by atoms with Gasteiger partial charge in [0.2, 0.25) is 5.88 Å². The molecule has 6 heteroatoms. The van der Waals surface area contributed by atoms with Crippen LogP contribution in [0.15, 0.2) is 48.7 Å². The second-order valence-corrected chi connectivity index (χ2v) is 5.89. The molecule has 134 valence electrons. The maximum absolute atomic E-state index is 12.3. The molecular formula is C19H25N3O3. The maximum Gasteiger partial charge on any atom is 0.321 e. The Morgan fingerprint density at radius 3 is 2.68 bits per heavy atom. The van der Waals surface area contributed by atoms with Gasteiger partial charge in [-0.1, -0.05) is 18.2 Å². The van der Waals surface area contributed by atoms with Crippen LogP contribution in [0.2, 0.25) is 0 Å². The Morgan fingerprint density at radius 1 is 1.20 bits per heavy atom. The number of rotatable bonds is 8. The average Bonchev–Trinajstić information content (AvgIpc) is 2.60. The van der Waals surface area contributed by atoms with E-state index in [1.165, 1.54) is 0 Å². The molecule has 0 fully saturated rings. The van der Waals surface area contributed by atoms with E-state index in [0.29, 0.717) is 24.7 Å². The van der Waals surface area contributed by atoms with Gasteiger partial charge < -0.3 is 19.7 Å². The monoisotopic (exact) mass is 343 g/mol. The van der Waals surface area contributed by atoms with Crippen molar-refractivity contribution in [3.8, 4) is 11.6 Å². The van der Waals surface area contributed by atoms with Crippen LogP contribution in [0.25, 0.3) is 0 Å². The Kier molecular flexibility index (Phi) is 7.07. The number of para-hydroxylation sites is 1. The molecule has 1 aromatic heterocycles. The van der Waals surface area contributed by atoms with Crippen LogP contribution in [0.4, 0.5) is 10.5 Å². The molecule has 2 rings (SSSR count). The number of ether oxygens (including phenoxy) is 2. The standard InChI is InChI=1S/C19H25N3O3/c1-15(2)25-18-17(11-7-12-20-18)21-19(23)22(3)13-8-14-24-16-9-5-4-6-10-16/h4-7,9-12,15H,8,13-14H2,1-3H3,(H,21,23). The number of hydrogen-bond acceptors (Lipinski definition) is 4. The normalized spacial score (nSPS) is 10.4. The number of aromatic nitrogens is 1. The van der Waals surface area contributed by atoms with Gasteiger partial charge in [-0.2, -0.15) is 0 Å². The van der Waals surface area contributed by atoms with E-state index in [0.717, 1.165) is 12.2 Å². The first-order valence-electron chi connectivity index (χ1n) is 8.38. The Bertz CT molecular complexity index is 662. The van der Waals surface area contributed by atoms with Crippen molar-refractivity contribution in [2.24, 2.45) is 0 Å². The number of nitrogens with zero attached hydrogens (tertiary/aromatic N) is 2. The first kappa shape index (κ1) is 18.6. The summed E-state index contributed by atoms with van der Waals surface area (Å²) in [5, 5.41) is 2.83. The number of nitrogens with one attached hydrogen (secondary N) is 1. The fourth-order valence-electron chi connectivity index (χ4n) is 2.12. The van der Waals surface area contributed by atoms with E-state index in [4.69, 9.17) is 9.47 Å². The van der Waals surface area contributed by atoms with Crippen molar-refractivity contribution in [3.63, 3.8) is 0 Å². The Balaban J connectivity index is 1.78. The van der Waals surface area contributed by atoms with Gasteiger partial charge in [0.05, 0.1) is 12.7 Å². The van der Waals surface area contributed by atoms with E-state index in [1.54, 1.807) is 30.3 Å². The number of carbonyl (C=O) groups is 1. The number of amides is 2. The smallest absolute Gasteiger partial charge is 0.321 e. The van der Waals surface area contributed by atoms with Crippen LogP contribution in [-0.2, 0) is 0 Å². The highest BCUT2D eigenvalue weighted by Gasteiger charge is 2.13. The Morgan fingerprint density at radius 2 is 1.96 bits per heavy atom. The minimum atomic E-state index is -0.207. The minimum absolute atomic E-state index is 0.0154. The van der Waals surface area contributed by atoms with E-state index >= 15 is 0 Å². The van der Waals surface area contributed by atoms with Crippen LogP contribution in [0.3, 0.4) is 0 Å². The number of hydrogen-bond donors (Lipinski definition) is 1. The maximum atomic E-state index is 12.3. The molecule has 0 bridgehead atoms. The summed E-state index contributed by atoms with van der Waals surface area (Å²) in [6.45, 7) is 4.97. The number of pyridine rings is 1. The van der Waals surface area contributed by atoms with Crippen LogP contribution < -0.4 is 14.8 Å². The third kappa shape index (κ3) is 6.33. The summed E-state index contributed by atoms with van der Waals surface area (Å²) < 4.78 is 11.2. The molecule has 0 aliphatic heterocycles. The summed E-state index contributed by atoms with van der Waals surface area (Å²) in [6, 6.07) is 13.0. The molecule has 0 aliphatic carbocycles. The zero-order valence-corrected chi connectivity index (χ0v) is 14.9. The van der Waals surface area contributed by atoms with Gasteiger partial charge in [0.1, 0.15) is 11.4 Å². The van der Waals surface area contributed by atoms with Crippen LogP contribution in [-0.4, -0.2) is 42.2 Å². The molecule has 0 radical (unpaired) electrons. The lowest BCUT2D eigenvalue weighted by Crippen LogP contribution is -2.33. The number of carbonyl (C=O) groups excluding carboxylic acids is 1. The lowest BCUT2D eigenvalue weighted by atomic mass is 10.3. The van der Waals surface area contributed by atoms with Gasteiger partial charge in [0.15, 0.2) is 0 Å². The number of benzene rings is 1. The summed E-state index contributed by atoms with van der Waals surface area (Å²) in [6.07, 6.45) is 2.36. The summed E-state index contributed by atoms with van der Waals surface area (Å²) >= 11 is 0. The van der Waals surface area contributed by atoms with Gasteiger partial charge >= 0.3 is 6.03 Å². The van der Waals surface area contributed by atoms with Crippen LogP contribution in [0.1, 0.15) is 20.3 Å². The molecule has 2 amide bonds. The molecule has 1 N–H and O–H groups in total. The second-order valence-electron chi connectivity index (χ2n) is 5.89. The van der Waals surface area contributed by atoms with E-state index in [9.17, 15) is 4.79 Å². The molecule has 0 spiro atoms. The van der Waals surface area contributed by atoms with Crippen molar-refractivity contribution in [2.45, 2.75) is 26.4 Å². The fourth-order valence-corrected chi connectivity index (χ4v) is 2.12. The second kappa shape index (κ2) is 9.52. The predicted octanol–water partition coefficient (Wildman–Crippen LogP) is 3.80. The van der Waals surface area contributed by atoms with E-state index in [2.05, 4.69) is 10.3 Å². The molecule has 1 heterocycles. The van der Waals surface area contributed by atoms with Crippen molar-refractivity contribution in [1.29, 1.82) is 0 Å². The van der Waals surface area contributed by atoms with Crippen molar-refractivity contribution in [2.75, 3.05) is 25.5 Å². The third-order valence-corrected chi connectivity index (χ3v) is 3.36. The molecule has 2 aromatic rings. The Labute approximate surface area is 148 Å². The van der Waals surface area contributed by atoms with Crippen LogP contribution in [0, 0.1) is 0 Å². The van der Waals surface area contributed by atoms with Gasteiger partial charge in [-0.25, -0.2) is 9.78 Å². The van der Waals surface area contributed by atoms with Gasteiger partial charge in [0.25, 0.3) is 0 Å². The van der Waals surface area contributed by atoms with E-state index < -0.39 is 0 Å². The summed E-state index contributed by atoms with van der Waals surface area (Å²) in [5.41, 5.74) is 0.564. The molecule has 0 unspecified atom stereocenters. The molecule has 25 heavy (non-hydrogen) atoms. The summed E-state index contributed by atoms with van der Waals surface area (Å²) in [7, 11) is 1.75. The third-order valence-electron chi connectivity index (χ3n) is 3.36. The molecular weight excluding hydrogens is 318 g/mol. The molecule has 6 nitrogen and oxygen atoms in total. The molecule has 1 aromatic carbocycles. The lowest BCUT2D eigenvalue weighted by molar-refractivity contribution is 0.215. The Hall–Kier alpha value is -2.76. The van der Waals surface area contributed by atoms with Crippen LogP contribution >= 0.6 is 0 Å². The highest BCUT2D eigenvalue weighted by Crippen LogP contribution is 2.22. The minimum Gasteiger partial charge on any atom is -0.494 e. The van der Waals surface area contributed by atoms with Crippen molar-refractivity contribution in [1.82, 2.24) is 9.88 Å². The number of urea groups is 1. The zero-order chi connectivity index (χ0) is 18.1. The van der Waals surface area contributed by atoms with E-state index in [1.807, 2.05) is 44.2 Å². The highest BCUT2D eigenvalue weighted by atomic mass is 16.5. The van der Waals surface area contributed by atoms with Gasteiger partial charge in [-0.15, -0.1) is 0 Å². The molecule has 0 saturated carbocycles. The molecule has 0 aliphatic rings. The molecule has 0 atom stereocenters. The zero-order valence-electron chi connectivity index (χ0n) is 14.9. The van der Waals surface area contributed by atoms with E-state index in [-0.39, 0.29) is 12.1 Å². The molecule has 0 saturated heterocycles. The first-order chi connectivity index (χ1) is 12.1. The van der Waals surface area contributed by atoms with Gasteiger partial charge in [-0.05, 0) is 44.5 Å². The quantitative estimate of drug-likeness (QED) is 0.741. The van der Waals surface area contributed by atoms with Crippen molar-refractivity contribution < 1.29 is 14.3 Å². The lowest BCUT2D eigenvalue weighted by Gasteiger charge is -2.19. The first-order valence-corrected chi connectivity index (χ1v) is 8.38. The predicted molar refractivity (Wildman–Crippen MR) is 98.2 cm³/mol. The van der Waals surface area contributed by atoms with Crippen molar-refractivity contribution in [3.05, 3.63) is 48.7 Å². The SMILES string of the molecule is CC(C)Oc1ncccc1NC(=O)N(C)CCCOc1ccccc1. The summed E-state index contributed by atoms with van der Waals surface area (Å²) in [4.78, 5) is 18.1. The summed E-state index contributed by atoms with van der Waals surface area (Å²) in [5.74, 6) is 1.26. The average molecular weight is 343 g/mol. The van der Waals surface area contributed by atoms with Gasteiger partial charge in [0, 0.05) is 19.8 Å². The van der Waals surface area contributed by atoms with Crippen molar-refractivity contribution >= 4 is 11.7 Å². The number of anilines is 1. The van der Waals surface area contributed by atoms with Crippen LogP contribution in [0.5, 0.6) is 11.6 Å². The topological polar surface area (TPSA) is 63.7 Å². The fraction of sp³-hybridized carbons (Fsp3) is 0.368.